The molecule has 0 fully saturated rings. The molecule has 0 spiro atoms. The van der Waals surface area contributed by atoms with Gasteiger partial charge in [0, 0.05) is 29.5 Å². The molecule has 2 heterocycles. The second-order valence-electron chi connectivity index (χ2n) is 6.15. The summed E-state index contributed by atoms with van der Waals surface area (Å²) in [6, 6.07) is 16.1. The molecule has 0 amide bonds. The predicted octanol–water partition coefficient (Wildman–Crippen LogP) is 4.18. The van der Waals surface area contributed by atoms with Gasteiger partial charge in [-0.05, 0) is 54.1 Å². The van der Waals surface area contributed by atoms with Gasteiger partial charge in [-0.3, -0.25) is 0 Å². The van der Waals surface area contributed by atoms with Gasteiger partial charge in [0.25, 0.3) is 0 Å². The zero-order valence-electron chi connectivity index (χ0n) is 13.7. The number of benzene rings is 2. The van der Waals surface area contributed by atoms with E-state index in [1.165, 1.54) is 28.6 Å². The normalized spacial score (nSPS) is 17.8. The number of hydrogen-bond acceptors (Lipinski definition) is 2. The Morgan fingerprint density at radius 2 is 1.65 bits per heavy atom. The first-order chi connectivity index (χ1) is 12.5. The van der Waals surface area contributed by atoms with Crippen LogP contribution in [0.2, 0.25) is 0 Å². The molecule has 0 radical (unpaired) electrons. The zero-order valence-corrected chi connectivity index (χ0v) is 16.1. The highest BCUT2D eigenvalue weighted by Crippen LogP contribution is 2.36. The van der Waals surface area contributed by atoms with Crippen LogP contribution in [0.4, 0.5) is 4.39 Å². The molecule has 1 aliphatic heterocycles. The predicted molar refractivity (Wildman–Crippen MR) is 101 cm³/mol. The van der Waals surface area contributed by atoms with Crippen molar-refractivity contribution in [2.45, 2.75) is 17.5 Å². The van der Waals surface area contributed by atoms with Crippen LogP contribution in [0.1, 0.15) is 17.3 Å². The molecule has 7 heteroatoms. The van der Waals surface area contributed by atoms with Crippen LogP contribution in [0, 0.1) is 5.82 Å². The van der Waals surface area contributed by atoms with Gasteiger partial charge in [-0.2, -0.15) is 4.31 Å². The van der Waals surface area contributed by atoms with Crippen LogP contribution >= 0.6 is 15.9 Å². The lowest BCUT2D eigenvalue weighted by molar-refractivity contribution is 0.298. The number of halogens is 2. The molecule has 134 valence electrons. The second-order valence-corrected chi connectivity index (χ2v) is 8.96. The van der Waals surface area contributed by atoms with E-state index in [9.17, 15) is 12.8 Å². The summed E-state index contributed by atoms with van der Waals surface area (Å²) in [6.07, 6.45) is 1.96. The van der Waals surface area contributed by atoms with E-state index in [0.717, 1.165) is 15.7 Å². The van der Waals surface area contributed by atoms with Gasteiger partial charge in [0.1, 0.15) is 5.82 Å². The molecule has 1 atom stereocenters. The standard InChI is InChI=1S/C19H16BrFN2O2S/c20-15-5-3-14(4-6-15)19-18-2-1-11-22(18)12-13-23(19)26(24,25)17-9-7-16(21)8-10-17/h1-11,19H,12-13H2. The molecule has 1 unspecified atom stereocenters. The van der Waals surface area contributed by atoms with Gasteiger partial charge in [0.15, 0.2) is 0 Å². The van der Waals surface area contributed by atoms with E-state index in [0.29, 0.717) is 13.1 Å². The summed E-state index contributed by atoms with van der Waals surface area (Å²) in [5.74, 6) is -0.457. The molecular formula is C19H16BrFN2O2S. The van der Waals surface area contributed by atoms with Crippen molar-refractivity contribution in [2.75, 3.05) is 6.54 Å². The Morgan fingerprint density at radius 1 is 0.962 bits per heavy atom. The third-order valence-electron chi connectivity index (χ3n) is 4.60. The SMILES string of the molecule is O=S(=O)(c1ccc(F)cc1)N1CCn2cccc2C1c1ccc(Br)cc1. The maximum absolute atomic E-state index is 13.3. The van der Waals surface area contributed by atoms with E-state index < -0.39 is 21.9 Å². The van der Waals surface area contributed by atoms with Crippen LogP contribution < -0.4 is 0 Å². The van der Waals surface area contributed by atoms with Gasteiger partial charge >= 0.3 is 0 Å². The Hall–Kier alpha value is -1.96. The summed E-state index contributed by atoms with van der Waals surface area (Å²) in [7, 11) is -3.77. The van der Waals surface area contributed by atoms with E-state index in [2.05, 4.69) is 20.5 Å². The minimum atomic E-state index is -3.77. The van der Waals surface area contributed by atoms with Gasteiger partial charge < -0.3 is 4.57 Å². The van der Waals surface area contributed by atoms with Crippen molar-refractivity contribution in [2.24, 2.45) is 0 Å². The molecule has 4 rings (SSSR count). The minimum Gasteiger partial charge on any atom is -0.348 e. The molecule has 3 aromatic rings. The molecule has 26 heavy (non-hydrogen) atoms. The lowest BCUT2D eigenvalue weighted by Gasteiger charge is -2.36. The van der Waals surface area contributed by atoms with Crippen molar-refractivity contribution in [1.82, 2.24) is 8.87 Å². The van der Waals surface area contributed by atoms with Gasteiger partial charge in [-0.1, -0.05) is 28.1 Å². The fourth-order valence-electron chi connectivity index (χ4n) is 3.35. The van der Waals surface area contributed by atoms with E-state index in [1.807, 2.05) is 42.6 Å². The first-order valence-corrected chi connectivity index (χ1v) is 10.4. The van der Waals surface area contributed by atoms with E-state index in [1.54, 1.807) is 0 Å². The summed E-state index contributed by atoms with van der Waals surface area (Å²) < 4.78 is 44.3. The van der Waals surface area contributed by atoms with Crippen molar-refractivity contribution in [3.63, 3.8) is 0 Å². The molecule has 0 saturated heterocycles. The summed E-state index contributed by atoms with van der Waals surface area (Å²) >= 11 is 3.42. The van der Waals surface area contributed by atoms with Crippen LogP contribution in [-0.4, -0.2) is 23.8 Å². The summed E-state index contributed by atoms with van der Waals surface area (Å²) in [5, 5.41) is 0. The molecule has 4 nitrogen and oxygen atoms in total. The lowest BCUT2D eigenvalue weighted by atomic mass is 10.0. The molecule has 1 aliphatic rings. The fourth-order valence-corrected chi connectivity index (χ4v) is 5.19. The summed E-state index contributed by atoms with van der Waals surface area (Å²) in [5.41, 5.74) is 1.81. The van der Waals surface area contributed by atoms with E-state index >= 15 is 0 Å². The van der Waals surface area contributed by atoms with Crippen LogP contribution in [0.25, 0.3) is 0 Å². The molecule has 2 aromatic carbocycles. The Balaban J connectivity index is 1.83. The van der Waals surface area contributed by atoms with Crippen molar-refractivity contribution in [3.05, 3.63) is 88.4 Å². The molecule has 0 N–H and O–H groups in total. The number of rotatable bonds is 3. The van der Waals surface area contributed by atoms with Gasteiger partial charge in [0.2, 0.25) is 10.0 Å². The van der Waals surface area contributed by atoms with Gasteiger partial charge in [0.05, 0.1) is 10.9 Å². The second kappa shape index (κ2) is 6.64. The molecule has 0 bridgehead atoms. The van der Waals surface area contributed by atoms with Crippen molar-refractivity contribution in [1.29, 1.82) is 0 Å². The maximum atomic E-state index is 13.3. The van der Waals surface area contributed by atoms with Crippen molar-refractivity contribution >= 4 is 26.0 Å². The number of aromatic nitrogens is 1. The third kappa shape index (κ3) is 3.00. The first-order valence-electron chi connectivity index (χ1n) is 8.15. The third-order valence-corrected chi connectivity index (χ3v) is 7.01. The zero-order chi connectivity index (χ0) is 18.3. The van der Waals surface area contributed by atoms with Crippen molar-refractivity contribution in [3.8, 4) is 0 Å². The number of sulfonamides is 1. The highest BCUT2D eigenvalue weighted by Gasteiger charge is 2.37. The lowest BCUT2D eigenvalue weighted by Crippen LogP contribution is -2.42. The Kier molecular flexibility index (Phi) is 4.46. The van der Waals surface area contributed by atoms with Crippen LogP contribution in [0.15, 0.2) is 76.2 Å². The minimum absolute atomic E-state index is 0.0982. The van der Waals surface area contributed by atoms with Gasteiger partial charge in [-0.15, -0.1) is 0 Å². The Morgan fingerprint density at radius 3 is 2.35 bits per heavy atom. The largest absolute Gasteiger partial charge is 0.348 e. The maximum Gasteiger partial charge on any atom is 0.244 e. The Labute approximate surface area is 160 Å². The smallest absolute Gasteiger partial charge is 0.244 e. The molecule has 0 saturated carbocycles. The van der Waals surface area contributed by atoms with Crippen LogP contribution in [0.3, 0.4) is 0 Å². The molecule has 1 aromatic heterocycles. The highest BCUT2D eigenvalue weighted by molar-refractivity contribution is 9.10. The summed E-state index contributed by atoms with van der Waals surface area (Å²) in [6.45, 7) is 0.928. The van der Waals surface area contributed by atoms with E-state index in [4.69, 9.17) is 0 Å². The Bertz CT molecular complexity index is 1030. The average Bonchev–Trinajstić information content (AvgIpc) is 3.11. The topological polar surface area (TPSA) is 42.3 Å². The highest BCUT2D eigenvalue weighted by atomic mass is 79.9. The number of hydrogen-bond donors (Lipinski definition) is 0. The number of nitrogens with zero attached hydrogens (tertiary/aromatic N) is 2. The quantitative estimate of drug-likeness (QED) is 0.620. The van der Waals surface area contributed by atoms with E-state index in [-0.39, 0.29) is 4.90 Å². The first kappa shape index (κ1) is 17.5. The molecule has 0 aliphatic carbocycles. The fraction of sp³-hybridized carbons (Fsp3) is 0.158. The van der Waals surface area contributed by atoms with Crippen molar-refractivity contribution < 1.29 is 12.8 Å². The monoisotopic (exact) mass is 434 g/mol. The average molecular weight is 435 g/mol. The molecular weight excluding hydrogens is 419 g/mol. The van der Waals surface area contributed by atoms with Crippen LogP contribution in [-0.2, 0) is 16.6 Å². The summed E-state index contributed by atoms with van der Waals surface area (Å²) in [4.78, 5) is 0.0982. The number of fused-ring (bicyclic) bond motifs is 1. The van der Waals surface area contributed by atoms with Gasteiger partial charge in [-0.25, -0.2) is 12.8 Å². The van der Waals surface area contributed by atoms with Crippen LogP contribution in [0.5, 0.6) is 0 Å².